The molecule has 0 saturated heterocycles. The van der Waals surface area contributed by atoms with Crippen molar-refractivity contribution in [2.75, 3.05) is 0 Å². The number of ether oxygens (including phenoxy) is 1. The standard InChI is InChI=1S/C27H27NO3/c1-2-3-7-19-10-15-25-23(16-19)24(17-26(29)30)27(28-25)21-11-13-22(14-12-21)31-18-20-8-5-4-6-9-20/h4-6,8-16,28H,2-3,7,17-18H2,1H3,(H,29,30). The number of aryl methyl sites for hydroxylation is 1. The van der Waals surface area contributed by atoms with Crippen molar-refractivity contribution in [1.82, 2.24) is 4.98 Å². The number of aromatic nitrogens is 1. The molecule has 0 saturated carbocycles. The number of aliphatic carboxylic acids is 1. The van der Waals surface area contributed by atoms with Crippen LogP contribution in [-0.4, -0.2) is 16.1 Å². The highest BCUT2D eigenvalue weighted by molar-refractivity contribution is 5.94. The molecular weight excluding hydrogens is 386 g/mol. The van der Waals surface area contributed by atoms with Gasteiger partial charge in [0.1, 0.15) is 12.4 Å². The van der Waals surface area contributed by atoms with E-state index in [1.165, 1.54) is 5.56 Å². The largest absolute Gasteiger partial charge is 0.489 e. The van der Waals surface area contributed by atoms with Crippen LogP contribution in [0.3, 0.4) is 0 Å². The van der Waals surface area contributed by atoms with Gasteiger partial charge < -0.3 is 14.8 Å². The van der Waals surface area contributed by atoms with Crippen molar-refractivity contribution in [2.45, 2.75) is 39.2 Å². The smallest absolute Gasteiger partial charge is 0.307 e. The minimum Gasteiger partial charge on any atom is -0.489 e. The SMILES string of the molecule is CCCCc1ccc2[nH]c(-c3ccc(OCc4ccccc4)cc3)c(CC(=O)O)c2c1. The summed E-state index contributed by atoms with van der Waals surface area (Å²) in [6.45, 7) is 2.69. The second-order valence-corrected chi connectivity index (χ2v) is 7.83. The number of benzene rings is 3. The van der Waals surface area contributed by atoms with Crippen LogP contribution in [-0.2, 0) is 24.2 Å². The Bertz CT molecular complexity index is 1160. The van der Waals surface area contributed by atoms with Gasteiger partial charge in [0, 0.05) is 10.9 Å². The lowest BCUT2D eigenvalue weighted by Crippen LogP contribution is -2.01. The maximum absolute atomic E-state index is 11.6. The highest BCUT2D eigenvalue weighted by Crippen LogP contribution is 2.33. The van der Waals surface area contributed by atoms with Crippen LogP contribution in [0, 0.1) is 0 Å². The number of carboxylic acid groups (broad SMARTS) is 1. The number of hydrogen-bond donors (Lipinski definition) is 2. The Kier molecular flexibility index (Phi) is 6.37. The molecule has 4 aromatic rings. The van der Waals surface area contributed by atoms with E-state index in [4.69, 9.17) is 4.74 Å². The number of aromatic amines is 1. The summed E-state index contributed by atoms with van der Waals surface area (Å²) < 4.78 is 5.89. The van der Waals surface area contributed by atoms with Crippen LogP contribution in [0.25, 0.3) is 22.2 Å². The molecule has 0 unspecified atom stereocenters. The molecule has 0 fully saturated rings. The summed E-state index contributed by atoms with van der Waals surface area (Å²) in [5, 5.41) is 10.5. The van der Waals surface area contributed by atoms with E-state index < -0.39 is 5.97 Å². The molecule has 0 atom stereocenters. The molecule has 4 nitrogen and oxygen atoms in total. The summed E-state index contributed by atoms with van der Waals surface area (Å²) in [6.07, 6.45) is 3.25. The fourth-order valence-electron chi connectivity index (χ4n) is 3.87. The van der Waals surface area contributed by atoms with Crippen molar-refractivity contribution in [2.24, 2.45) is 0 Å². The van der Waals surface area contributed by atoms with Gasteiger partial charge in [-0.05, 0) is 71.5 Å². The minimum atomic E-state index is -0.830. The quantitative estimate of drug-likeness (QED) is 0.334. The lowest BCUT2D eigenvalue weighted by molar-refractivity contribution is -0.136. The third kappa shape index (κ3) is 4.97. The van der Waals surface area contributed by atoms with Gasteiger partial charge >= 0.3 is 5.97 Å². The molecule has 1 heterocycles. The van der Waals surface area contributed by atoms with Crippen LogP contribution >= 0.6 is 0 Å². The van der Waals surface area contributed by atoms with Crippen molar-refractivity contribution in [1.29, 1.82) is 0 Å². The highest BCUT2D eigenvalue weighted by Gasteiger charge is 2.16. The predicted molar refractivity (Wildman–Crippen MR) is 124 cm³/mol. The molecule has 0 spiro atoms. The van der Waals surface area contributed by atoms with E-state index in [1.807, 2.05) is 54.6 Å². The molecule has 1 aromatic heterocycles. The summed E-state index contributed by atoms with van der Waals surface area (Å²) >= 11 is 0. The Morgan fingerprint density at radius 3 is 2.45 bits per heavy atom. The van der Waals surface area contributed by atoms with E-state index in [9.17, 15) is 9.90 Å². The lowest BCUT2D eigenvalue weighted by Gasteiger charge is -2.08. The van der Waals surface area contributed by atoms with Gasteiger partial charge in [0.05, 0.1) is 12.1 Å². The summed E-state index contributed by atoms with van der Waals surface area (Å²) in [5.41, 5.74) is 5.98. The molecule has 0 aliphatic heterocycles. The Morgan fingerprint density at radius 2 is 1.74 bits per heavy atom. The maximum Gasteiger partial charge on any atom is 0.307 e. The highest BCUT2D eigenvalue weighted by atomic mass is 16.5. The van der Waals surface area contributed by atoms with Gasteiger partial charge in [0.25, 0.3) is 0 Å². The topological polar surface area (TPSA) is 62.3 Å². The third-order valence-corrected chi connectivity index (χ3v) is 5.51. The average Bonchev–Trinajstić information content (AvgIpc) is 3.14. The summed E-state index contributed by atoms with van der Waals surface area (Å²) in [4.78, 5) is 15.0. The first kappa shape index (κ1) is 20.7. The molecule has 4 rings (SSSR count). The average molecular weight is 414 g/mol. The van der Waals surface area contributed by atoms with E-state index in [2.05, 4.69) is 30.1 Å². The van der Waals surface area contributed by atoms with Gasteiger partial charge in [-0.25, -0.2) is 0 Å². The van der Waals surface area contributed by atoms with Gasteiger partial charge in [-0.15, -0.1) is 0 Å². The van der Waals surface area contributed by atoms with Crippen LogP contribution in [0.2, 0.25) is 0 Å². The first-order valence-corrected chi connectivity index (χ1v) is 10.8. The van der Waals surface area contributed by atoms with Crippen molar-refractivity contribution in [3.8, 4) is 17.0 Å². The number of H-pyrrole nitrogens is 1. The maximum atomic E-state index is 11.6. The first-order valence-electron chi connectivity index (χ1n) is 10.8. The fraction of sp³-hybridized carbons (Fsp3) is 0.222. The molecule has 0 aliphatic rings. The number of nitrogens with one attached hydrogen (secondary N) is 1. The van der Waals surface area contributed by atoms with E-state index in [0.29, 0.717) is 6.61 Å². The Labute approximate surface area is 182 Å². The number of fused-ring (bicyclic) bond motifs is 1. The molecule has 31 heavy (non-hydrogen) atoms. The second-order valence-electron chi connectivity index (χ2n) is 7.83. The Balaban J connectivity index is 1.62. The number of rotatable bonds is 9. The van der Waals surface area contributed by atoms with Crippen LogP contribution in [0.15, 0.2) is 72.8 Å². The number of hydrogen-bond acceptors (Lipinski definition) is 2. The van der Waals surface area contributed by atoms with Crippen molar-refractivity contribution >= 4 is 16.9 Å². The zero-order valence-corrected chi connectivity index (χ0v) is 17.7. The minimum absolute atomic E-state index is 0.0151. The van der Waals surface area contributed by atoms with E-state index in [1.54, 1.807) is 0 Å². The number of unbranched alkanes of at least 4 members (excludes halogenated alkanes) is 1. The molecular formula is C27H27NO3. The molecule has 158 valence electrons. The summed E-state index contributed by atoms with van der Waals surface area (Å²) in [5.74, 6) is -0.0470. The monoisotopic (exact) mass is 413 g/mol. The van der Waals surface area contributed by atoms with E-state index in [0.717, 1.165) is 58.3 Å². The lowest BCUT2D eigenvalue weighted by atomic mass is 10.00. The molecule has 0 amide bonds. The zero-order chi connectivity index (χ0) is 21.6. The second kappa shape index (κ2) is 9.52. The van der Waals surface area contributed by atoms with Gasteiger partial charge in [0.2, 0.25) is 0 Å². The molecule has 0 bridgehead atoms. The predicted octanol–water partition coefficient (Wildman–Crippen LogP) is 6.38. The number of carboxylic acids is 1. The van der Waals surface area contributed by atoms with E-state index >= 15 is 0 Å². The van der Waals surface area contributed by atoms with Gasteiger partial charge in [-0.1, -0.05) is 49.7 Å². The molecule has 2 N–H and O–H groups in total. The van der Waals surface area contributed by atoms with Gasteiger partial charge in [0.15, 0.2) is 0 Å². The van der Waals surface area contributed by atoms with Crippen LogP contribution in [0.5, 0.6) is 5.75 Å². The van der Waals surface area contributed by atoms with Crippen LogP contribution in [0.4, 0.5) is 0 Å². The summed E-state index contributed by atoms with van der Waals surface area (Å²) in [7, 11) is 0. The summed E-state index contributed by atoms with van der Waals surface area (Å²) in [6, 6.07) is 24.2. The molecule has 0 aliphatic carbocycles. The Hall–Kier alpha value is -3.53. The molecule has 0 radical (unpaired) electrons. The Morgan fingerprint density at radius 1 is 0.968 bits per heavy atom. The van der Waals surface area contributed by atoms with Crippen molar-refractivity contribution in [3.63, 3.8) is 0 Å². The van der Waals surface area contributed by atoms with Gasteiger partial charge in [-0.3, -0.25) is 4.79 Å². The van der Waals surface area contributed by atoms with E-state index in [-0.39, 0.29) is 6.42 Å². The van der Waals surface area contributed by atoms with Gasteiger partial charge in [-0.2, -0.15) is 0 Å². The van der Waals surface area contributed by atoms with Crippen LogP contribution in [0.1, 0.15) is 36.5 Å². The number of carbonyl (C=O) groups is 1. The first-order chi connectivity index (χ1) is 15.1. The zero-order valence-electron chi connectivity index (χ0n) is 17.7. The third-order valence-electron chi connectivity index (χ3n) is 5.51. The molecule has 4 heteroatoms. The molecule has 3 aromatic carbocycles. The van der Waals surface area contributed by atoms with Crippen molar-refractivity contribution < 1.29 is 14.6 Å². The normalized spacial score (nSPS) is 11.0. The van der Waals surface area contributed by atoms with Crippen LogP contribution < -0.4 is 4.74 Å². The van der Waals surface area contributed by atoms with Crippen molar-refractivity contribution in [3.05, 3.63) is 89.5 Å². The fourth-order valence-corrected chi connectivity index (χ4v) is 3.87.